The SMILES string of the molecule is CCC(C)N=Cc1ccc(OCc2ccc(OC(F)(F)F)c(Cl)c2)cc1. The van der Waals surface area contributed by atoms with E-state index in [1.165, 1.54) is 18.2 Å². The second kappa shape index (κ2) is 8.94. The van der Waals surface area contributed by atoms with E-state index in [1.807, 2.05) is 25.3 Å². The van der Waals surface area contributed by atoms with Gasteiger partial charge in [0.05, 0.1) is 5.02 Å². The van der Waals surface area contributed by atoms with Crippen LogP contribution in [0.3, 0.4) is 0 Å². The van der Waals surface area contributed by atoms with E-state index in [0.29, 0.717) is 11.3 Å². The fraction of sp³-hybridized carbons (Fsp3) is 0.316. The summed E-state index contributed by atoms with van der Waals surface area (Å²) in [6, 6.07) is 11.7. The number of aliphatic imine (C=N–C) groups is 1. The average molecular weight is 386 g/mol. The normalized spacial score (nSPS) is 13.0. The van der Waals surface area contributed by atoms with Crippen molar-refractivity contribution in [2.24, 2.45) is 4.99 Å². The first-order chi connectivity index (χ1) is 12.3. The second-order valence-corrected chi connectivity index (χ2v) is 6.11. The highest BCUT2D eigenvalue weighted by molar-refractivity contribution is 6.32. The predicted octanol–water partition coefficient (Wildman–Crippen LogP) is 6.04. The van der Waals surface area contributed by atoms with Crippen LogP contribution in [-0.4, -0.2) is 18.6 Å². The lowest BCUT2D eigenvalue weighted by Crippen LogP contribution is -2.17. The van der Waals surface area contributed by atoms with Gasteiger partial charge in [0.15, 0.2) is 0 Å². The molecule has 0 saturated heterocycles. The second-order valence-electron chi connectivity index (χ2n) is 5.71. The minimum Gasteiger partial charge on any atom is -0.489 e. The lowest BCUT2D eigenvalue weighted by atomic mass is 10.2. The molecule has 0 bridgehead atoms. The van der Waals surface area contributed by atoms with Crippen LogP contribution in [-0.2, 0) is 6.61 Å². The molecule has 0 spiro atoms. The van der Waals surface area contributed by atoms with E-state index in [4.69, 9.17) is 16.3 Å². The molecule has 0 saturated carbocycles. The Bertz CT molecular complexity index is 745. The summed E-state index contributed by atoms with van der Waals surface area (Å²) >= 11 is 5.82. The van der Waals surface area contributed by atoms with Crippen molar-refractivity contribution < 1.29 is 22.6 Å². The maximum atomic E-state index is 12.2. The van der Waals surface area contributed by atoms with Crippen LogP contribution in [0.25, 0.3) is 0 Å². The van der Waals surface area contributed by atoms with Gasteiger partial charge in [-0.25, -0.2) is 0 Å². The molecular weight excluding hydrogens is 367 g/mol. The Balaban J connectivity index is 1.94. The predicted molar refractivity (Wildman–Crippen MR) is 96.3 cm³/mol. The molecule has 3 nitrogen and oxygen atoms in total. The highest BCUT2D eigenvalue weighted by Crippen LogP contribution is 2.31. The van der Waals surface area contributed by atoms with Crippen molar-refractivity contribution >= 4 is 17.8 Å². The molecule has 7 heteroatoms. The summed E-state index contributed by atoms with van der Waals surface area (Å²) in [6.45, 7) is 4.30. The van der Waals surface area contributed by atoms with Crippen molar-refractivity contribution in [2.75, 3.05) is 0 Å². The fourth-order valence-corrected chi connectivity index (χ4v) is 2.22. The van der Waals surface area contributed by atoms with Gasteiger partial charge < -0.3 is 9.47 Å². The summed E-state index contributed by atoms with van der Waals surface area (Å²) in [7, 11) is 0. The molecular formula is C19H19ClF3NO2. The zero-order chi connectivity index (χ0) is 19.2. The Labute approximate surface area is 155 Å². The zero-order valence-corrected chi connectivity index (χ0v) is 15.1. The molecule has 0 heterocycles. The quantitative estimate of drug-likeness (QED) is 0.544. The molecule has 1 atom stereocenters. The maximum absolute atomic E-state index is 12.2. The molecule has 0 N–H and O–H groups in total. The van der Waals surface area contributed by atoms with Crippen molar-refractivity contribution in [3.8, 4) is 11.5 Å². The molecule has 1 unspecified atom stereocenters. The first kappa shape index (κ1) is 20.1. The number of alkyl halides is 3. The monoisotopic (exact) mass is 385 g/mol. The highest BCUT2D eigenvalue weighted by atomic mass is 35.5. The fourth-order valence-electron chi connectivity index (χ4n) is 1.98. The number of halogens is 4. The summed E-state index contributed by atoms with van der Waals surface area (Å²) in [5.41, 5.74) is 1.60. The van der Waals surface area contributed by atoms with Crippen LogP contribution >= 0.6 is 11.6 Å². The average Bonchev–Trinajstić information content (AvgIpc) is 2.59. The minimum atomic E-state index is -4.78. The van der Waals surface area contributed by atoms with Crippen molar-refractivity contribution in [3.05, 3.63) is 58.6 Å². The standard InChI is InChI=1S/C19H19ClF3NO2/c1-3-13(2)24-11-14-4-7-16(8-5-14)25-12-15-6-9-18(17(20)10-15)26-19(21,22)23/h4-11,13H,3,12H2,1-2H3. The molecule has 0 radical (unpaired) electrons. The number of benzene rings is 2. The Morgan fingerprint density at radius 2 is 1.85 bits per heavy atom. The van der Waals surface area contributed by atoms with Crippen LogP contribution < -0.4 is 9.47 Å². The van der Waals surface area contributed by atoms with E-state index >= 15 is 0 Å². The van der Waals surface area contributed by atoms with E-state index in [1.54, 1.807) is 12.1 Å². The highest BCUT2D eigenvalue weighted by Gasteiger charge is 2.32. The molecule has 0 aliphatic carbocycles. The minimum absolute atomic E-state index is 0.125. The van der Waals surface area contributed by atoms with Gasteiger partial charge in [-0.05, 0) is 60.9 Å². The summed E-state index contributed by atoms with van der Waals surface area (Å²) in [6.07, 6.45) is -1.98. The van der Waals surface area contributed by atoms with Crippen LogP contribution in [0, 0.1) is 0 Å². The smallest absolute Gasteiger partial charge is 0.489 e. The van der Waals surface area contributed by atoms with Crippen LogP contribution in [0.4, 0.5) is 13.2 Å². The van der Waals surface area contributed by atoms with Gasteiger partial charge in [0.2, 0.25) is 0 Å². The van der Waals surface area contributed by atoms with Gasteiger partial charge >= 0.3 is 6.36 Å². The molecule has 2 aromatic carbocycles. The molecule has 2 aromatic rings. The largest absolute Gasteiger partial charge is 0.573 e. The molecule has 0 amide bonds. The number of nitrogens with zero attached hydrogens (tertiary/aromatic N) is 1. The summed E-state index contributed by atoms with van der Waals surface area (Å²) in [5, 5.41) is -0.125. The summed E-state index contributed by atoms with van der Waals surface area (Å²) in [5.74, 6) is 0.199. The number of ether oxygens (including phenoxy) is 2. The third-order valence-electron chi connectivity index (χ3n) is 3.58. The maximum Gasteiger partial charge on any atom is 0.573 e. The zero-order valence-electron chi connectivity index (χ0n) is 14.4. The van der Waals surface area contributed by atoms with Crippen LogP contribution in [0.15, 0.2) is 47.5 Å². The molecule has 0 aliphatic heterocycles. The van der Waals surface area contributed by atoms with E-state index in [-0.39, 0.29) is 17.7 Å². The van der Waals surface area contributed by atoms with Crippen molar-refractivity contribution in [3.63, 3.8) is 0 Å². The lowest BCUT2D eigenvalue weighted by Gasteiger charge is -2.12. The third kappa shape index (κ3) is 6.59. The third-order valence-corrected chi connectivity index (χ3v) is 3.87. The van der Waals surface area contributed by atoms with E-state index in [9.17, 15) is 13.2 Å². The molecule has 0 fully saturated rings. The van der Waals surface area contributed by atoms with Gasteiger partial charge in [-0.15, -0.1) is 13.2 Å². The van der Waals surface area contributed by atoms with Gasteiger partial charge in [-0.2, -0.15) is 0 Å². The van der Waals surface area contributed by atoms with Gasteiger partial charge in [0, 0.05) is 12.3 Å². The molecule has 140 valence electrons. The van der Waals surface area contributed by atoms with Gasteiger partial charge in [-0.1, -0.05) is 24.6 Å². The molecule has 2 rings (SSSR count). The number of hydrogen-bond acceptors (Lipinski definition) is 3. The van der Waals surface area contributed by atoms with Crippen molar-refractivity contribution in [2.45, 2.75) is 39.3 Å². The number of rotatable bonds is 7. The molecule has 0 aromatic heterocycles. The molecule has 26 heavy (non-hydrogen) atoms. The van der Waals surface area contributed by atoms with E-state index in [0.717, 1.165) is 12.0 Å². The number of hydrogen-bond donors (Lipinski definition) is 0. The Kier molecular flexibility index (Phi) is 6.91. The Hall–Kier alpha value is -2.21. The van der Waals surface area contributed by atoms with Gasteiger partial charge in [-0.3, -0.25) is 4.99 Å². The Morgan fingerprint density at radius 3 is 2.42 bits per heavy atom. The lowest BCUT2D eigenvalue weighted by molar-refractivity contribution is -0.274. The van der Waals surface area contributed by atoms with Gasteiger partial charge in [0.1, 0.15) is 18.1 Å². The summed E-state index contributed by atoms with van der Waals surface area (Å²) in [4.78, 5) is 4.41. The van der Waals surface area contributed by atoms with Gasteiger partial charge in [0.25, 0.3) is 0 Å². The van der Waals surface area contributed by atoms with Crippen LogP contribution in [0.2, 0.25) is 5.02 Å². The van der Waals surface area contributed by atoms with E-state index < -0.39 is 12.1 Å². The van der Waals surface area contributed by atoms with Crippen molar-refractivity contribution in [1.29, 1.82) is 0 Å². The topological polar surface area (TPSA) is 30.8 Å². The molecule has 0 aliphatic rings. The summed E-state index contributed by atoms with van der Waals surface area (Å²) < 4.78 is 46.1. The Morgan fingerprint density at radius 1 is 1.15 bits per heavy atom. The first-order valence-corrected chi connectivity index (χ1v) is 8.45. The van der Waals surface area contributed by atoms with Crippen LogP contribution in [0.5, 0.6) is 11.5 Å². The van der Waals surface area contributed by atoms with Crippen molar-refractivity contribution in [1.82, 2.24) is 0 Å². The van der Waals surface area contributed by atoms with Crippen LogP contribution in [0.1, 0.15) is 31.4 Å². The van der Waals surface area contributed by atoms with E-state index in [2.05, 4.69) is 16.7 Å². The first-order valence-electron chi connectivity index (χ1n) is 8.07.